The topological polar surface area (TPSA) is 73.3 Å². The van der Waals surface area contributed by atoms with Crippen LogP contribution in [0.25, 0.3) is 0 Å². The van der Waals surface area contributed by atoms with E-state index in [0.717, 1.165) is 17.8 Å². The van der Waals surface area contributed by atoms with Gasteiger partial charge in [0.1, 0.15) is 11.9 Å². The number of thiazole rings is 1. The summed E-state index contributed by atoms with van der Waals surface area (Å²) in [5, 5.41) is 4.87. The third-order valence-electron chi connectivity index (χ3n) is 3.64. The van der Waals surface area contributed by atoms with E-state index in [0.29, 0.717) is 19.0 Å². The molecular weight excluding hydrogens is 314 g/mol. The molecule has 1 saturated heterocycles. The number of amides is 1. The molecule has 122 valence electrons. The van der Waals surface area contributed by atoms with E-state index in [9.17, 15) is 4.79 Å². The zero-order valence-corrected chi connectivity index (χ0v) is 13.7. The Morgan fingerprint density at radius 3 is 3.13 bits per heavy atom. The molecule has 7 heteroatoms. The molecule has 0 unspecified atom stereocenters. The minimum absolute atomic E-state index is 0.0676. The third kappa shape index (κ3) is 4.49. The van der Waals surface area contributed by atoms with Gasteiger partial charge in [0.05, 0.1) is 43.1 Å². The number of nitrogens with one attached hydrogen (secondary N) is 1. The van der Waals surface area contributed by atoms with Gasteiger partial charge in [0.15, 0.2) is 0 Å². The quantitative estimate of drug-likeness (QED) is 0.902. The molecule has 2 aromatic rings. The van der Waals surface area contributed by atoms with Gasteiger partial charge in [-0.05, 0) is 19.1 Å². The lowest BCUT2D eigenvalue weighted by molar-refractivity contribution is -0.123. The summed E-state index contributed by atoms with van der Waals surface area (Å²) in [5.74, 6) is 0.642. The smallest absolute Gasteiger partial charge is 0.226 e. The first kappa shape index (κ1) is 15.9. The normalized spacial score (nSPS) is 20.9. The van der Waals surface area contributed by atoms with E-state index in [4.69, 9.17) is 9.47 Å². The van der Waals surface area contributed by atoms with Crippen LogP contribution in [0.5, 0.6) is 5.75 Å². The molecule has 0 radical (unpaired) electrons. The molecule has 1 fully saturated rings. The molecule has 0 bridgehead atoms. The molecule has 2 atom stereocenters. The van der Waals surface area contributed by atoms with Crippen molar-refractivity contribution in [2.24, 2.45) is 0 Å². The van der Waals surface area contributed by atoms with Crippen LogP contribution in [0.4, 0.5) is 0 Å². The fraction of sp³-hybridized carbons (Fsp3) is 0.438. The van der Waals surface area contributed by atoms with E-state index in [1.54, 1.807) is 11.7 Å². The highest BCUT2D eigenvalue weighted by atomic mass is 32.1. The van der Waals surface area contributed by atoms with Crippen molar-refractivity contribution in [3.8, 4) is 5.75 Å². The van der Waals surface area contributed by atoms with Gasteiger partial charge in [0.2, 0.25) is 5.91 Å². The van der Waals surface area contributed by atoms with Crippen molar-refractivity contribution >= 4 is 17.2 Å². The lowest BCUT2D eigenvalue weighted by Gasteiger charge is -2.32. The summed E-state index contributed by atoms with van der Waals surface area (Å²) in [6, 6.07) is 3.63. The number of carbonyl (C=O) groups excluding carboxylic acids is 1. The Labute approximate surface area is 138 Å². The molecule has 6 nitrogen and oxygen atoms in total. The van der Waals surface area contributed by atoms with Crippen molar-refractivity contribution in [2.45, 2.75) is 31.9 Å². The average Bonchev–Trinajstić information content (AvgIpc) is 3.04. The van der Waals surface area contributed by atoms with Crippen LogP contribution in [0.15, 0.2) is 29.2 Å². The first-order valence-corrected chi connectivity index (χ1v) is 8.48. The maximum Gasteiger partial charge on any atom is 0.226 e. The molecule has 23 heavy (non-hydrogen) atoms. The second-order valence-electron chi connectivity index (χ2n) is 5.49. The predicted octanol–water partition coefficient (Wildman–Crippen LogP) is 1.74. The van der Waals surface area contributed by atoms with Crippen molar-refractivity contribution in [3.05, 3.63) is 40.6 Å². The molecule has 1 amide bonds. The van der Waals surface area contributed by atoms with Crippen LogP contribution >= 0.6 is 11.3 Å². The zero-order valence-electron chi connectivity index (χ0n) is 12.9. The van der Waals surface area contributed by atoms with Gasteiger partial charge >= 0.3 is 0 Å². The van der Waals surface area contributed by atoms with E-state index in [1.807, 2.05) is 24.4 Å². The minimum atomic E-state index is -0.170. The Morgan fingerprint density at radius 1 is 1.48 bits per heavy atom. The van der Waals surface area contributed by atoms with Crippen LogP contribution in [-0.4, -0.2) is 41.2 Å². The summed E-state index contributed by atoms with van der Waals surface area (Å²) in [6.07, 6.45) is 2.60. The average molecular weight is 333 g/mol. The van der Waals surface area contributed by atoms with Crippen molar-refractivity contribution in [1.82, 2.24) is 15.3 Å². The monoisotopic (exact) mass is 333 g/mol. The Morgan fingerprint density at radius 2 is 2.39 bits per heavy atom. The molecule has 3 heterocycles. The second-order valence-corrected chi connectivity index (χ2v) is 6.20. The van der Waals surface area contributed by atoms with Crippen molar-refractivity contribution in [1.29, 1.82) is 0 Å². The van der Waals surface area contributed by atoms with Gasteiger partial charge in [-0.1, -0.05) is 0 Å². The third-order valence-corrected chi connectivity index (χ3v) is 4.27. The summed E-state index contributed by atoms with van der Waals surface area (Å²) in [5.41, 5.74) is 3.45. The minimum Gasteiger partial charge on any atom is -0.486 e. The molecule has 0 aromatic carbocycles. The van der Waals surface area contributed by atoms with Crippen LogP contribution in [-0.2, 0) is 16.0 Å². The number of hydrogen-bond donors (Lipinski definition) is 1. The van der Waals surface area contributed by atoms with E-state index in [2.05, 4.69) is 15.3 Å². The van der Waals surface area contributed by atoms with Gasteiger partial charge in [0, 0.05) is 17.5 Å². The largest absolute Gasteiger partial charge is 0.486 e. The van der Waals surface area contributed by atoms with Crippen LogP contribution in [0.3, 0.4) is 0 Å². The summed E-state index contributed by atoms with van der Waals surface area (Å²) < 4.78 is 11.5. The number of rotatable bonds is 5. The van der Waals surface area contributed by atoms with Gasteiger partial charge < -0.3 is 14.8 Å². The van der Waals surface area contributed by atoms with Crippen LogP contribution in [0.1, 0.15) is 17.8 Å². The number of pyridine rings is 1. The summed E-state index contributed by atoms with van der Waals surface area (Å²) >= 11 is 1.48. The highest BCUT2D eigenvalue weighted by Crippen LogP contribution is 2.18. The summed E-state index contributed by atoms with van der Waals surface area (Å²) in [4.78, 5) is 20.5. The molecule has 0 spiro atoms. The molecule has 1 N–H and O–H groups in total. The van der Waals surface area contributed by atoms with Gasteiger partial charge in [-0.3, -0.25) is 9.78 Å². The maximum atomic E-state index is 12.2. The molecular formula is C16H19N3O3S. The van der Waals surface area contributed by atoms with Crippen molar-refractivity contribution in [2.75, 3.05) is 13.2 Å². The zero-order chi connectivity index (χ0) is 16.1. The van der Waals surface area contributed by atoms with Crippen molar-refractivity contribution in [3.63, 3.8) is 0 Å². The van der Waals surface area contributed by atoms with E-state index in [1.165, 1.54) is 11.3 Å². The second kappa shape index (κ2) is 7.52. The molecule has 1 aliphatic rings. The standard InChI is InChI=1S/C16H19N3O3S/c1-11-2-3-13(7-17-11)22-15-4-5-21-8-14(15)19-16(20)6-12-9-23-10-18-12/h2-3,7,9-10,14-15H,4-6,8H2,1H3,(H,19,20)/t14-,15+/m1/s1. The molecule has 0 aliphatic carbocycles. The van der Waals surface area contributed by atoms with E-state index in [-0.39, 0.29) is 24.5 Å². The highest BCUT2D eigenvalue weighted by molar-refractivity contribution is 7.07. The van der Waals surface area contributed by atoms with Crippen LogP contribution in [0, 0.1) is 6.92 Å². The number of aryl methyl sites for hydroxylation is 1. The Hall–Kier alpha value is -1.99. The van der Waals surface area contributed by atoms with Gasteiger partial charge in [-0.15, -0.1) is 11.3 Å². The number of carbonyl (C=O) groups is 1. The first-order chi connectivity index (χ1) is 11.2. The first-order valence-electron chi connectivity index (χ1n) is 7.54. The van der Waals surface area contributed by atoms with E-state index >= 15 is 0 Å². The molecule has 1 aliphatic heterocycles. The Balaban J connectivity index is 1.59. The molecule has 0 saturated carbocycles. The molecule has 3 rings (SSSR count). The van der Waals surface area contributed by atoms with Crippen molar-refractivity contribution < 1.29 is 14.3 Å². The van der Waals surface area contributed by atoms with Gasteiger partial charge in [-0.25, -0.2) is 4.98 Å². The van der Waals surface area contributed by atoms with Crippen LogP contribution in [0.2, 0.25) is 0 Å². The molecule has 2 aromatic heterocycles. The van der Waals surface area contributed by atoms with Gasteiger partial charge in [-0.2, -0.15) is 0 Å². The van der Waals surface area contributed by atoms with Gasteiger partial charge in [0.25, 0.3) is 0 Å². The fourth-order valence-electron chi connectivity index (χ4n) is 2.44. The maximum absolute atomic E-state index is 12.2. The Kier molecular flexibility index (Phi) is 5.19. The Bertz CT molecular complexity index is 631. The number of aromatic nitrogens is 2. The number of ether oxygens (including phenoxy) is 2. The fourth-order valence-corrected chi connectivity index (χ4v) is 3.00. The van der Waals surface area contributed by atoms with Crippen LogP contribution < -0.4 is 10.1 Å². The predicted molar refractivity (Wildman–Crippen MR) is 86.6 cm³/mol. The lowest BCUT2D eigenvalue weighted by Crippen LogP contribution is -2.52. The summed E-state index contributed by atoms with van der Waals surface area (Å²) in [6.45, 7) is 3.01. The number of hydrogen-bond acceptors (Lipinski definition) is 6. The SMILES string of the molecule is Cc1ccc(O[C@H]2CCOC[C@H]2NC(=O)Cc2cscn2)cn1. The number of nitrogens with zero attached hydrogens (tertiary/aromatic N) is 2. The highest BCUT2D eigenvalue weighted by Gasteiger charge is 2.29. The summed E-state index contributed by atoms with van der Waals surface area (Å²) in [7, 11) is 0. The van der Waals surface area contributed by atoms with E-state index < -0.39 is 0 Å². The lowest BCUT2D eigenvalue weighted by atomic mass is 10.1.